The molecule has 0 saturated heterocycles. The van der Waals surface area contributed by atoms with Crippen molar-refractivity contribution in [1.82, 2.24) is 4.98 Å². The zero-order chi connectivity index (χ0) is 21.9. The van der Waals surface area contributed by atoms with Crippen LogP contribution in [0.3, 0.4) is 0 Å². The summed E-state index contributed by atoms with van der Waals surface area (Å²) < 4.78 is 0. The summed E-state index contributed by atoms with van der Waals surface area (Å²) in [4.78, 5) is 6.04. The number of rotatable bonds is 2. The number of nitrogens with zero attached hydrogens (tertiary/aromatic N) is 2. The van der Waals surface area contributed by atoms with Crippen LogP contribution in [0.2, 0.25) is 0 Å². The van der Waals surface area contributed by atoms with Gasteiger partial charge in [-0.15, -0.1) is 0 Å². The van der Waals surface area contributed by atoms with Crippen LogP contribution in [0.5, 0.6) is 0 Å². The number of hydrogen-bond donors (Lipinski definition) is 4. The predicted molar refractivity (Wildman–Crippen MR) is 125 cm³/mol. The Balaban J connectivity index is 0.00000124. The topological polar surface area (TPSA) is 102 Å². The molecule has 0 spiro atoms. The van der Waals surface area contributed by atoms with E-state index in [1.165, 1.54) is 0 Å². The summed E-state index contributed by atoms with van der Waals surface area (Å²) in [7, 11) is 0. The molecule has 0 bridgehead atoms. The van der Waals surface area contributed by atoms with Crippen LogP contribution in [0.1, 0.15) is 44.4 Å². The van der Waals surface area contributed by atoms with Gasteiger partial charge in [-0.25, -0.2) is 4.98 Å². The van der Waals surface area contributed by atoms with Gasteiger partial charge in [-0.3, -0.25) is 15.7 Å². The zero-order valence-electron chi connectivity index (χ0n) is 17.8. The molecule has 0 aliphatic carbocycles. The quantitative estimate of drug-likeness (QED) is 0.350. The Bertz CT molecular complexity index is 1060. The molecule has 0 unspecified atom stereocenters. The third-order valence-electron chi connectivity index (χ3n) is 4.81. The number of nitrogens with two attached hydrogens (primary N) is 1. The van der Waals surface area contributed by atoms with E-state index < -0.39 is 5.54 Å². The van der Waals surface area contributed by atoms with E-state index in [0.29, 0.717) is 22.6 Å². The van der Waals surface area contributed by atoms with Gasteiger partial charge in [-0.05, 0) is 43.7 Å². The molecule has 1 aliphatic rings. The summed E-state index contributed by atoms with van der Waals surface area (Å²) in [6, 6.07) is 18.9. The lowest BCUT2D eigenvalue weighted by molar-refractivity contribution is 0.554. The molecule has 0 radical (unpaired) electrons. The largest absolute Gasteiger partial charge is 0.338 e. The summed E-state index contributed by atoms with van der Waals surface area (Å²) in [5.41, 5.74) is 9.58. The number of hydrogen-bond acceptors (Lipinski definition) is 5. The SMILES string of the molecule is CC.CC(C)(N)c1ccc(C(=N)N2C(=N)c3ccccc3Nc3ncccc32)cc1. The zero-order valence-corrected chi connectivity index (χ0v) is 17.8. The van der Waals surface area contributed by atoms with E-state index in [-0.39, 0.29) is 11.7 Å². The van der Waals surface area contributed by atoms with E-state index in [9.17, 15) is 0 Å². The molecular formula is C24H28N6. The lowest BCUT2D eigenvalue weighted by atomic mass is 9.94. The van der Waals surface area contributed by atoms with E-state index in [0.717, 1.165) is 11.3 Å². The monoisotopic (exact) mass is 400 g/mol. The van der Waals surface area contributed by atoms with Crippen molar-refractivity contribution < 1.29 is 0 Å². The van der Waals surface area contributed by atoms with E-state index in [4.69, 9.17) is 16.6 Å². The molecule has 3 aromatic rings. The minimum absolute atomic E-state index is 0.208. The van der Waals surface area contributed by atoms with Gasteiger partial charge in [-0.1, -0.05) is 50.2 Å². The molecule has 6 nitrogen and oxygen atoms in total. The van der Waals surface area contributed by atoms with E-state index >= 15 is 0 Å². The number of nitrogens with one attached hydrogen (secondary N) is 3. The van der Waals surface area contributed by atoms with Crippen LogP contribution in [-0.4, -0.2) is 16.7 Å². The third-order valence-corrected chi connectivity index (χ3v) is 4.81. The molecule has 30 heavy (non-hydrogen) atoms. The number of anilines is 3. The Morgan fingerprint density at radius 2 is 1.67 bits per heavy atom. The number of aromatic nitrogens is 1. The average molecular weight is 401 g/mol. The first kappa shape index (κ1) is 21.2. The average Bonchev–Trinajstić information content (AvgIpc) is 2.88. The summed E-state index contributed by atoms with van der Waals surface area (Å²) in [6.45, 7) is 7.89. The minimum Gasteiger partial charge on any atom is -0.338 e. The maximum absolute atomic E-state index is 8.85. The normalized spacial score (nSPS) is 12.6. The molecule has 154 valence electrons. The smallest absolute Gasteiger partial charge is 0.154 e. The van der Waals surface area contributed by atoms with Crippen LogP contribution in [0.25, 0.3) is 0 Å². The molecule has 6 heteroatoms. The Kier molecular flexibility index (Phi) is 5.99. The van der Waals surface area contributed by atoms with E-state index in [1.807, 2.05) is 88.4 Å². The number of pyridine rings is 1. The molecule has 0 saturated carbocycles. The second-order valence-corrected chi connectivity index (χ2v) is 7.37. The fourth-order valence-corrected chi connectivity index (χ4v) is 3.26. The molecule has 2 aromatic carbocycles. The van der Waals surface area contributed by atoms with Gasteiger partial charge in [0.1, 0.15) is 11.7 Å². The highest BCUT2D eigenvalue weighted by Gasteiger charge is 2.28. The first-order valence-electron chi connectivity index (χ1n) is 10.0. The maximum Gasteiger partial charge on any atom is 0.154 e. The molecule has 2 heterocycles. The highest BCUT2D eigenvalue weighted by Crippen LogP contribution is 2.34. The fraction of sp³-hybridized carbons (Fsp3) is 0.208. The highest BCUT2D eigenvalue weighted by atomic mass is 15.2. The van der Waals surface area contributed by atoms with Crippen molar-refractivity contribution >= 4 is 28.9 Å². The Hall–Kier alpha value is -3.51. The molecule has 0 amide bonds. The van der Waals surface area contributed by atoms with Crippen LogP contribution in [-0.2, 0) is 5.54 Å². The molecule has 1 aliphatic heterocycles. The van der Waals surface area contributed by atoms with Crippen molar-refractivity contribution in [2.45, 2.75) is 33.2 Å². The summed E-state index contributed by atoms with van der Waals surface area (Å²) in [5, 5.41) is 21.0. The van der Waals surface area contributed by atoms with Crippen molar-refractivity contribution in [2.24, 2.45) is 5.73 Å². The van der Waals surface area contributed by atoms with Gasteiger partial charge >= 0.3 is 0 Å². The lowest BCUT2D eigenvalue weighted by Crippen LogP contribution is -2.37. The number of para-hydroxylation sites is 1. The van der Waals surface area contributed by atoms with E-state index in [2.05, 4.69) is 10.3 Å². The van der Waals surface area contributed by atoms with E-state index in [1.54, 1.807) is 11.1 Å². The van der Waals surface area contributed by atoms with Gasteiger partial charge in [0.05, 0.1) is 11.4 Å². The third kappa shape index (κ3) is 3.95. The van der Waals surface area contributed by atoms with Gasteiger partial charge in [-0.2, -0.15) is 0 Å². The standard InChI is InChI=1S/C22H22N6.C2H6/c1-22(2,25)15-11-9-14(10-12-15)19(23)28-18-8-5-13-26-21(18)27-17-7-4-3-6-16(17)20(28)24;1-2/h3-13,23-24H,25H2,1-2H3,(H,26,27);1-2H3. The van der Waals surface area contributed by atoms with Crippen molar-refractivity contribution in [3.63, 3.8) is 0 Å². The molecule has 5 N–H and O–H groups in total. The lowest BCUT2D eigenvalue weighted by Gasteiger charge is -2.26. The second-order valence-electron chi connectivity index (χ2n) is 7.37. The van der Waals surface area contributed by atoms with Gasteiger partial charge in [0.2, 0.25) is 0 Å². The number of fused-ring (bicyclic) bond motifs is 2. The molecule has 4 rings (SSSR count). The fourth-order valence-electron chi connectivity index (χ4n) is 3.26. The maximum atomic E-state index is 8.85. The first-order valence-corrected chi connectivity index (χ1v) is 10.0. The second kappa shape index (κ2) is 8.47. The molecule has 0 atom stereocenters. The van der Waals surface area contributed by atoms with Crippen LogP contribution in [0.4, 0.5) is 17.2 Å². The molecule has 0 fully saturated rings. The molecular weight excluding hydrogens is 372 g/mol. The van der Waals surface area contributed by atoms with Crippen molar-refractivity contribution in [2.75, 3.05) is 10.2 Å². The van der Waals surface area contributed by atoms with Crippen LogP contribution in [0.15, 0.2) is 66.9 Å². The van der Waals surface area contributed by atoms with Crippen LogP contribution >= 0.6 is 0 Å². The van der Waals surface area contributed by atoms with Gasteiger partial charge < -0.3 is 11.1 Å². The van der Waals surface area contributed by atoms with Gasteiger partial charge in [0.15, 0.2) is 5.82 Å². The summed E-state index contributed by atoms with van der Waals surface area (Å²) in [6.07, 6.45) is 1.70. The Morgan fingerprint density at radius 1 is 1.00 bits per heavy atom. The van der Waals surface area contributed by atoms with Crippen molar-refractivity contribution in [3.05, 3.63) is 83.6 Å². The summed E-state index contributed by atoms with van der Waals surface area (Å²) >= 11 is 0. The highest BCUT2D eigenvalue weighted by molar-refractivity contribution is 6.30. The molecule has 1 aromatic heterocycles. The Morgan fingerprint density at radius 3 is 2.33 bits per heavy atom. The van der Waals surface area contributed by atoms with Gasteiger partial charge in [0, 0.05) is 22.9 Å². The predicted octanol–water partition coefficient (Wildman–Crippen LogP) is 5.22. The van der Waals surface area contributed by atoms with Crippen molar-refractivity contribution in [3.8, 4) is 0 Å². The number of amidine groups is 2. The number of benzene rings is 2. The Labute approximate surface area is 177 Å². The summed E-state index contributed by atoms with van der Waals surface area (Å²) in [5.74, 6) is 1.05. The first-order chi connectivity index (χ1) is 14.4. The van der Waals surface area contributed by atoms with Crippen molar-refractivity contribution in [1.29, 1.82) is 10.8 Å². The van der Waals surface area contributed by atoms with Crippen LogP contribution < -0.4 is 16.0 Å². The van der Waals surface area contributed by atoms with Gasteiger partial charge in [0.25, 0.3) is 0 Å². The van der Waals surface area contributed by atoms with Crippen LogP contribution in [0, 0.1) is 10.8 Å². The minimum atomic E-state index is -0.449.